The van der Waals surface area contributed by atoms with Crippen LogP contribution in [0.4, 0.5) is 0 Å². The molecule has 1 fully saturated rings. The molecule has 150 valence electrons. The third kappa shape index (κ3) is 4.62. The number of rotatable bonds is 6. The van der Waals surface area contributed by atoms with Crippen molar-refractivity contribution in [3.05, 3.63) is 33.8 Å². The number of carbonyl (C=O) groups excluding carboxylic acids is 2. The van der Waals surface area contributed by atoms with Gasteiger partial charge in [-0.15, -0.1) is 0 Å². The molecule has 0 aliphatic heterocycles. The molecule has 6 nitrogen and oxygen atoms in total. The zero-order valence-electron chi connectivity index (χ0n) is 16.6. The zero-order chi connectivity index (χ0) is 20.2. The first-order valence-corrected chi connectivity index (χ1v) is 9.34. The van der Waals surface area contributed by atoms with Crippen LogP contribution in [0.25, 0.3) is 0 Å². The van der Waals surface area contributed by atoms with E-state index in [9.17, 15) is 9.59 Å². The fraction of sp³-hybridized carbons (Fsp3) is 0.600. The summed E-state index contributed by atoms with van der Waals surface area (Å²) in [5.41, 5.74) is 1.74. The molecule has 1 aromatic rings. The van der Waals surface area contributed by atoms with Crippen LogP contribution in [0.15, 0.2) is 12.1 Å². The number of methoxy groups -OCH3 is 3. The van der Waals surface area contributed by atoms with E-state index in [1.165, 1.54) is 7.11 Å². The second-order valence-corrected chi connectivity index (χ2v) is 7.57. The van der Waals surface area contributed by atoms with E-state index in [2.05, 4.69) is 5.32 Å². The molecule has 0 heterocycles. The average molecular weight is 398 g/mol. The smallest absolute Gasteiger partial charge is 0.331 e. The van der Waals surface area contributed by atoms with E-state index in [0.29, 0.717) is 30.7 Å². The highest BCUT2D eigenvalue weighted by Gasteiger charge is 2.49. The van der Waals surface area contributed by atoms with E-state index in [4.69, 9.17) is 25.8 Å². The highest BCUT2D eigenvalue weighted by Crippen LogP contribution is 2.38. The van der Waals surface area contributed by atoms with Crippen LogP contribution in [-0.4, -0.2) is 44.5 Å². The maximum atomic E-state index is 12.8. The topological polar surface area (TPSA) is 73.9 Å². The van der Waals surface area contributed by atoms with Crippen LogP contribution in [0.1, 0.15) is 42.4 Å². The van der Waals surface area contributed by atoms with Gasteiger partial charge in [-0.3, -0.25) is 4.79 Å². The third-order valence-electron chi connectivity index (χ3n) is 5.56. The van der Waals surface area contributed by atoms with Gasteiger partial charge in [-0.25, -0.2) is 4.79 Å². The molecular weight excluding hydrogens is 370 g/mol. The Morgan fingerprint density at radius 2 is 1.56 bits per heavy atom. The van der Waals surface area contributed by atoms with Gasteiger partial charge >= 0.3 is 5.97 Å². The number of ether oxygens (including phenoxy) is 3. The maximum absolute atomic E-state index is 12.8. The van der Waals surface area contributed by atoms with Crippen molar-refractivity contribution < 1.29 is 23.8 Å². The summed E-state index contributed by atoms with van der Waals surface area (Å²) >= 11 is 6.07. The lowest BCUT2D eigenvalue weighted by Gasteiger charge is -2.43. The van der Waals surface area contributed by atoms with Gasteiger partial charge in [0.05, 0.1) is 13.5 Å². The first-order valence-electron chi connectivity index (χ1n) is 8.96. The monoisotopic (exact) mass is 397 g/mol. The number of carbonyl (C=O) groups is 2. The normalized spacial score (nSPS) is 18.0. The Bertz CT molecular complexity index is 681. The van der Waals surface area contributed by atoms with Crippen molar-refractivity contribution >= 4 is 23.5 Å². The van der Waals surface area contributed by atoms with E-state index in [1.54, 1.807) is 14.2 Å². The number of benzene rings is 1. The SMILES string of the molecule is COC(=O)C1(NC(=O)Cc2c(C)cc(Cl)cc2C)CCC(OC)(OC)CC1. The Morgan fingerprint density at radius 3 is 2.00 bits per heavy atom. The lowest BCUT2D eigenvalue weighted by Crippen LogP contribution is -2.60. The molecule has 0 spiro atoms. The molecule has 1 aromatic carbocycles. The van der Waals surface area contributed by atoms with Gasteiger partial charge in [0.25, 0.3) is 0 Å². The molecule has 0 radical (unpaired) electrons. The molecule has 27 heavy (non-hydrogen) atoms. The van der Waals surface area contributed by atoms with E-state index in [1.807, 2.05) is 26.0 Å². The maximum Gasteiger partial charge on any atom is 0.331 e. The summed E-state index contributed by atoms with van der Waals surface area (Å²) in [6.45, 7) is 3.84. The molecule has 0 unspecified atom stereocenters. The van der Waals surface area contributed by atoms with Crippen LogP contribution in [0.2, 0.25) is 5.02 Å². The highest BCUT2D eigenvalue weighted by atomic mass is 35.5. The molecule has 1 aliphatic rings. The molecule has 0 saturated heterocycles. The Morgan fingerprint density at radius 1 is 1.04 bits per heavy atom. The Hall–Kier alpha value is -1.63. The van der Waals surface area contributed by atoms with Crippen molar-refractivity contribution in [2.24, 2.45) is 0 Å². The molecule has 1 aliphatic carbocycles. The Kier molecular flexibility index (Phi) is 6.89. The van der Waals surface area contributed by atoms with Crippen molar-refractivity contribution in [2.45, 2.75) is 57.3 Å². The molecule has 1 N–H and O–H groups in total. The van der Waals surface area contributed by atoms with Crippen molar-refractivity contribution in [2.75, 3.05) is 21.3 Å². The lowest BCUT2D eigenvalue weighted by atomic mass is 9.78. The summed E-state index contributed by atoms with van der Waals surface area (Å²) in [4.78, 5) is 25.3. The van der Waals surface area contributed by atoms with Gasteiger partial charge in [0.1, 0.15) is 5.54 Å². The highest BCUT2D eigenvalue weighted by molar-refractivity contribution is 6.30. The molecule has 1 amide bonds. The molecular formula is C20H28ClNO5. The fourth-order valence-electron chi connectivity index (χ4n) is 3.82. The molecule has 1 saturated carbocycles. The number of esters is 1. The summed E-state index contributed by atoms with van der Waals surface area (Å²) in [7, 11) is 4.50. The summed E-state index contributed by atoms with van der Waals surface area (Å²) in [5.74, 6) is -1.40. The molecule has 2 rings (SSSR count). The van der Waals surface area contributed by atoms with Crippen LogP contribution in [0.3, 0.4) is 0 Å². The van der Waals surface area contributed by atoms with Crippen molar-refractivity contribution in [3.63, 3.8) is 0 Å². The Balaban J connectivity index is 2.18. The number of amides is 1. The zero-order valence-corrected chi connectivity index (χ0v) is 17.4. The van der Waals surface area contributed by atoms with E-state index in [0.717, 1.165) is 16.7 Å². The number of halogens is 1. The lowest BCUT2D eigenvalue weighted by molar-refractivity contribution is -0.231. The van der Waals surface area contributed by atoms with E-state index in [-0.39, 0.29) is 12.3 Å². The second-order valence-electron chi connectivity index (χ2n) is 7.14. The van der Waals surface area contributed by atoms with Crippen LogP contribution < -0.4 is 5.32 Å². The number of hydrogen-bond donors (Lipinski definition) is 1. The van der Waals surface area contributed by atoms with Gasteiger partial charge in [0.15, 0.2) is 5.79 Å². The van der Waals surface area contributed by atoms with Crippen LogP contribution >= 0.6 is 11.6 Å². The molecule has 0 atom stereocenters. The first-order chi connectivity index (χ1) is 12.7. The van der Waals surface area contributed by atoms with Crippen molar-refractivity contribution in [1.82, 2.24) is 5.32 Å². The Labute approximate surface area is 165 Å². The standard InChI is InChI=1S/C20H28ClNO5/c1-13-10-15(21)11-14(2)16(13)12-17(23)22-19(18(24)25-3)6-8-20(26-4,27-5)9-7-19/h10-11H,6-9,12H2,1-5H3,(H,22,23). The quantitative estimate of drug-likeness (QED) is 0.589. The van der Waals surface area contributed by atoms with Gasteiger partial charge in [0.2, 0.25) is 5.91 Å². The minimum atomic E-state index is -1.07. The van der Waals surface area contributed by atoms with Crippen molar-refractivity contribution in [1.29, 1.82) is 0 Å². The summed E-state index contributed by atoms with van der Waals surface area (Å²) in [5, 5.41) is 3.57. The van der Waals surface area contributed by atoms with Gasteiger partial charge in [-0.1, -0.05) is 11.6 Å². The predicted molar refractivity (Wildman–Crippen MR) is 103 cm³/mol. The summed E-state index contributed by atoms with van der Waals surface area (Å²) < 4.78 is 15.9. The van der Waals surface area contributed by atoms with Crippen LogP contribution in [0.5, 0.6) is 0 Å². The largest absolute Gasteiger partial charge is 0.467 e. The number of hydrogen-bond acceptors (Lipinski definition) is 5. The molecule has 0 aromatic heterocycles. The van der Waals surface area contributed by atoms with Gasteiger partial charge in [-0.05, 0) is 55.5 Å². The van der Waals surface area contributed by atoms with Gasteiger partial charge < -0.3 is 19.5 Å². The van der Waals surface area contributed by atoms with Gasteiger partial charge in [0, 0.05) is 32.1 Å². The molecule has 7 heteroatoms. The molecule has 0 bridgehead atoms. The average Bonchev–Trinajstić information content (AvgIpc) is 2.64. The van der Waals surface area contributed by atoms with E-state index < -0.39 is 17.3 Å². The predicted octanol–water partition coefficient (Wildman–Crippen LogP) is 3.09. The fourth-order valence-corrected chi connectivity index (χ4v) is 4.14. The second kappa shape index (κ2) is 8.59. The number of nitrogens with one attached hydrogen (secondary N) is 1. The van der Waals surface area contributed by atoms with Crippen molar-refractivity contribution in [3.8, 4) is 0 Å². The first kappa shape index (κ1) is 21.7. The summed E-state index contributed by atoms with van der Waals surface area (Å²) in [6, 6.07) is 3.67. The minimum absolute atomic E-state index is 0.174. The summed E-state index contributed by atoms with van der Waals surface area (Å²) in [6.07, 6.45) is 1.90. The number of aryl methyl sites for hydroxylation is 2. The third-order valence-corrected chi connectivity index (χ3v) is 5.78. The van der Waals surface area contributed by atoms with E-state index >= 15 is 0 Å². The van der Waals surface area contributed by atoms with Gasteiger partial charge in [-0.2, -0.15) is 0 Å². The van der Waals surface area contributed by atoms with Crippen LogP contribution in [0, 0.1) is 13.8 Å². The minimum Gasteiger partial charge on any atom is -0.467 e. The van der Waals surface area contributed by atoms with Crippen LogP contribution in [-0.2, 0) is 30.2 Å².